The minimum Gasteiger partial charge on any atom is -0.394 e. The zero-order valence-corrected chi connectivity index (χ0v) is 23.1. The van der Waals surface area contributed by atoms with Gasteiger partial charge in [-0.2, -0.15) is 0 Å². The molecule has 2 fully saturated rings. The number of aliphatic hydroxyl groups excluding tert-OH is 4. The van der Waals surface area contributed by atoms with Crippen LogP contribution in [0.15, 0.2) is 60.9 Å². The zero-order valence-electron chi connectivity index (χ0n) is 22.3. The largest absolute Gasteiger partial charge is 0.394 e. The number of hydrogen-bond donors (Lipinski definition) is 4. The van der Waals surface area contributed by atoms with Crippen LogP contribution < -0.4 is 0 Å². The van der Waals surface area contributed by atoms with Gasteiger partial charge in [0.2, 0.25) is 0 Å². The van der Waals surface area contributed by atoms with Crippen LogP contribution in [0.25, 0.3) is 22.5 Å². The molecule has 222 valence electrons. The number of thioether (sulfide) groups is 1. The lowest BCUT2D eigenvalue weighted by atomic mass is 9.91. The molecule has 14 heteroatoms. The van der Waals surface area contributed by atoms with Crippen LogP contribution in [-0.2, 0) is 4.74 Å². The van der Waals surface area contributed by atoms with Crippen molar-refractivity contribution in [2.24, 2.45) is 0 Å². The lowest BCUT2D eigenvalue weighted by Crippen LogP contribution is -2.55. The molecule has 11 nitrogen and oxygen atoms in total. The van der Waals surface area contributed by atoms with Crippen LogP contribution in [0.4, 0.5) is 8.78 Å². The third-order valence-corrected chi connectivity index (χ3v) is 9.43. The Kier molecular flexibility index (Phi) is 8.34. The summed E-state index contributed by atoms with van der Waals surface area (Å²) in [5.41, 5.74) is 1.46. The molecule has 1 saturated heterocycles. The van der Waals surface area contributed by atoms with E-state index in [-0.39, 0.29) is 11.1 Å². The van der Waals surface area contributed by atoms with Crippen molar-refractivity contribution in [1.29, 1.82) is 0 Å². The summed E-state index contributed by atoms with van der Waals surface area (Å²) in [5, 5.41) is 59.9. The number of benzene rings is 2. The number of aliphatic hydroxyl groups is 4. The number of hydrogen-bond acceptors (Lipinski definition) is 10. The maximum atomic E-state index is 13.5. The molecular weight excluding hydrogens is 570 g/mol. The summed E-state index contributed by atoms with van der Waals surface area (Å²) in [5.74, 6) is -0.755. The van der Waals surface area contributed by atoms with E-state index in [1.165, 1.54) is 40.7 Å². The Hall–Kier alpha value is -3.27. The SMILES string of the molecule is OC[C@H]1O[C@@H](SC2CCCC(n3nncc3-c3ccc(F)cc3)C2O)[C@H](O)[C@@H](n2cc(-c3ccc(F)cc3)nn2)[C@H]1O. The van der Waals surface area contributed by atoms with Crippen molar-refractivity contribution in [1.82, 2.24) is 30.0 Å². The maximum absolute atomic E-state index is 13.5. The van der Waals surface area contributed by atoms with Crippen LogP contribution in [0.5, 0.6) is 0 Å². The first-order valence-electron chi connectivity index (χ1n) is 13.6. The fourth-order valence-corrected chi connectivity index (χ4v) is 7.21. The highest BCUT2D eigenvalue weighted by Gasteiger charge is 2.48. The fraction of sp³-hybridized carbons (Fsp3) is 0.429. The highest BCUT2D eigenvalue weighted by atomic mass is 32.2. The number of nitrogens with zero attached hydrogens (tertiary/aromatic N) is 6. The van der Waals surface area contributed by atoms with Gasteiger partial charge in [0, 0.05) is 16.4 Å². The molecule has 3 unspecified atom stereocenters. The zero-order chi connectivity index (χ0) is 29.4. The van der Waals surface area contributed by atoms with Gasteiger partial charge in [0.15, 0.2) is 0 Å². The Morgan fingerprint density at radius 1 is 0.881 bits per heavy atom. The summed E-state index contributed by atoms with van der Waals surface area (Å²) in [6.07, 6.45) is 0.636. The minimum absolute atomic E-state index is 0.361. The molecule has 1 saturated carbocycles. The fourth-order valence-electron chi connectivity index (χ4n) is 5.69. The summed E-state index contributed by atoms with van der Waals surface area (Å²) in [4.78, 5) is 0. The molecule has 2 aliphatic rings. The summed E-state index contributed by atoms with van der Waals surface area (Å²) in [6, 6.07) is 10.2. The van der Waals surface area contributed by atoms with Crippen LogP contribution in [0, 0.1) is 11.6 Å². The number of halogens is 2. The van der Waals surface area contributed by atoms with Crippen LogP contribution >= 0.6 is 11.8 Å². The number of ether oxygens (including phenoxy) is 1. The molecule has 2 aromatic heterocycles. The average molecular weight is 601 g/mol. The first kappa shape index (κ1) is 28.8. The van der Waals surface area contributed by atoms with E-state index in [0.29, 0.717) is 35.4 Å². The summed E-state index contributed by atoms with van der Waals surface area (Å²) in [7, 11) is 0. The van der Waals surface area contributed by atoms with Gasteiger partial charge in [-0.1, -0.05) is 16.8 Å². The van der Waals surface area contributed by atoms with Gasteiger partial charge in [-0.25, -0.2) is 18.1 Å². The van der Waals surface area contributed by atoms with Gasteiger partial charge < -0.3 is 25.2 Å². The Labute approximate surface area is 243 Å². The quantitative estimate of drug-likeness (QED) is 0.249. The third kappa shape index (κ3) is 5.57. The second-order valence-electron chi connectivity index (χ2n) is 10.5. The van der Waals surface area contributed by atoms with Gasteiger partial charge in [-0.05, 0) is 61.4 Å². The molecular formula is C28H30F2N6O5S. The molecule has 0 bridgehead atoms. The van der Waals surface area contributed by atoms with Crippen molar-refractivity contribution in [2.45, 2.75) is 66.4 Å². The van der Waals surface area contributed by atoms with Gasteiger partial charge in [-0.3, -0.25) is 0 Å². The van der Waals surface area contributed by atoms with Crippen LogP contribution in [0.3, 0.4) is 0 Å². The van der Waals surface area contributed by atoms with Crippen LogP contribution in [-0.4, -0.2) is 92.1 Å². The smallest absolute Gasteiger partial charge is 0.132 e. The van der Waals surface area contributed by atoms with Crippen molar-refractivity contribution in [3.8, 4) is 22.5 Å². The van der Waals surface area contributed by atoms with Crippen molar-refractivity contribution >= 4 is 11.8 Å². The molecule has 0 amide bonds. The highest BCUT2D eigenvalue weighted by Crippen LogP contribution is 2.43. The van der Waals surface area contributed by atoms with Gasteiger partial charge in [0.1, 0.15) is 47.1 Å². The maximum Gasteiger partial charge on any atom is 0.132 e. The highest BCUT2D eigenvalue weighted by molar-refractivity contribution is 8.00. The van der Waals surface area contributed by atoms with Gasteiger partial charge in [0.25, 0.3) is 0 Å². The number of aromatic nitrogens is 6. The predicted octanol–water partition coefficient (Wildman–Crippen LogP) is 2.35. The lowest BCUT2D eigenvalue weighted by Gasteiger charge is -2.44. The van der Waals surface area contributed by atoms with E-state index >= 15 is 0 Å². The standard InChI is InChI=1S/C28H30F2N6O5S/c29-17-8-4-15(5-9-17)19-13-35(34-32-19)24-26(39)22(14-37)41-28(27(24)40)42-23-3-1-2-20(25(23)38)36-21(12-31-33-36)16-6-10-18(30)11-7-16/h4-13,20,22-28,37-40H,1-3,14H2/t20?,22-,23?,24+,25?,26+,27-,28+/m1/s1. The van der Waals surface area contributed by atoms with E-state index in [0.717, 1.165) is 6.42 Å². The van der Waals surface area contributed by atoms with Gasteiger partial charge >= 0.3 is 0 Å². The molecule has 1 aliphatic carbocycles. The summed E-state index contributed by atoms with van der Waals surface area (Å²) in [6.45, 7) is -0.503. The molecule has 0 spiro atoms. The van der Waals surface area contributed by atoms with E-state index in [9.17, 15) is 29.2 Å². The van der Waals surface area contributed by atoms with Crippen LogP contribution in [0.2, 0.25) is 0 Å². The minimum atomic E-state index is -1.30. The number of rotatable bonds is 7. The molecule has 6 rings (SSSR count). The van der Waals surface area contributed by atoms with Crippen LogP contribution in [0.1, 0.15) is 31.3 Å². The Morgan fingerprint density at radius 3 is 2.26 bits per heavy atom. The monoisotopic (exact) mass is 600 g/mol. The summed E-state index contributed by atoms with van der Waals surface area (Å²) >= 11 is 1.23. The molecule has 2 aromatic carbocycles. The predicted molar refractivity (Wildman–Crippen MR) is 148 cm³/mol. The van der Waals surface area contributed by atoms with E-state index in [4.69, 9.17) is 4.74 Å². The van der Waals surface area contributed by atoms with E-state index in [1.54, 1.807) is 41.3 Å². The van der Waals surface area contributed by atoms with Crippen molar-refractivity contribution in [2.75, 3.05) is 6.61 Å². The summed E-state index contributed by atoms with van der Waals surface area (Å²) < 4.78 is 35.8. The first-order valence-corrected chi connectivity index (χ1v) is 14.6. The van der Waals surface area contributed by atoms with Crippen molar-refractivity contribution < 1.29 is 33.9 Å². The Bertz CT molecular complexity index is 1490. The molecule has 3 heterocycles. The second-order valence-corrected chi connectivity index (χ2v) is 11.9. The van der Waals surface area contributed by atoms with E-state index < -0.39 is 54.4 Å². The Balaban J connectivity index is 1.21. The molecule has 4 N–H and O–H groups in total. The van der Waals surface area contributed by atoms with Crippen molar-refractivity contribution in [3.05, 3.63) is 72.6 Å². The topological polar surface area (TPSA) is 152 Å². The van der Waals surface area contributed by atoms with E-state index in [2.05, 4.69) is 20.6 Å². The second kappa shape index (κ2) is 12.1. The van der Waals surface area contributed by atoms with Gasteiger partial charge in [-0.15, -0.1) is 22.0 Å². The normalized spacial score (nSPS) is 30.0. The molecule has 1 aliphatic heterocycles. The molecule has 0 radical (unpaired) electrons. The van der Waals surface area contributed by atoms with Gasteiger partial charge in [0.05, 0.1) is 36.8 Å². The third-order valence-electron chi connectivity index (χ3n) is 7.91. The molecule has 42 heavy (non-hydrogen) atoms. The lowest BCUT2D eigenvalue weighted by molar-refractivity contribution is -0.178. The van der Waals surface area contributed by atoms with Crippen molar-refractivity contribution in [3.63, 3.8) is 0 Å². The molecule has 8 atom stereocenters. The molecule has 4 aromatic rings. The first-order chi connectivity index (χ1) is 20.3. The Morgan fingerprint density at radius 2 is 1.57 bits per heavy atom. The van der Waals surface area contributed by atoms with E-state index in [1.807, 2.05) is 0 Å². The average Bonchev–Trinajstić information content (AvgIpc) is 3.67.